The normalized spacial score (nSPS) is 13.3. The minimum Gasteiger partial charge on any atom is -0.508 e. The molecule has 0 saturated heterocycles. The Morgan fingerprint density at radius 2 is 0.586 bits per heavy atom. The molecule has 0 aliphatic heterocycles. The summed E-state index contributed by atoms with van der Waals surface area (Å²) in [6.07, 6.45) is 0. The van der Waals surface area contributed by atoms with E-state index in [-0.39, 0.29) is 50.1 Å². The van der Waals surface area contributed by atoms with E-state index in [9.17, 15) is 20.4 Å². The number of hydrogen-bond acceptors (Lipinski definition) is 4. The van der Waals surface area contributed by atoms with Gasteiger partial charge in [-0.15, -0.1) is 0 Å². The van der Waals surface area contributed by atoms with Crippen LogP contribution in [0.1, 0.15) is 158 Å². The van der Waals surface area contributed by atoms with Gasteiger partial charge in [-0.1, -0.05) is 149 Å². The Morgan fingerprint density at radius 1 is 0.293 bits per heavy atom. The van der Waals surface area contributed by atoms with E-state index in [1.165, 1.54) is 22.3 Å². The van der Waals surface area contributed by atoms with Gasteiger partial charge in [0.25, 0.3) is 0 Å². The standard InChI is InChI=1S/C54H70O4/c1-49(2,3)42-36(31-19-23-33(55)24-20-31)29-38(44(51(7,8)9)46(42)53(13,14)15)35-27-28-40(57)41(48(35)58)39-30-37(32-21-25-34(56)26-22-32)43(50(4,5)6)47(54(16,17)18)45(39)52(10,11)12/h19-30,55-58H,1-18H3. The molecule has 4 N–H and O–H groups in total. The molecule has 0 bridgehead atoms. The highest BCUT2D eigenvalue weighted by Crippen LogP contribution is 2.56. The van der Waals surface area contributed by atoms with E-state index in [0.717, 1.165) is 44.5 Å². The van der Waals surface area contributed by atoms with Crippen molar-refractivity contribution in [2.45, 2.75) is 157 Å². The van der Waals surface area contributed by atoms with Crippen molar-refractivity contribution in [3.63, 3.8) is 0 Å². The summed E-state index contributed by atoms with van der Waals surface area (Å²) in [7, 11) is 0. The van der Waals surface area contributed by atoms with Gasteiger partial charge in [-0.05, 0) is 148 Å². The lowest BCUT2D eigenvalue weighted by molar-refractivity contribution is 0.454. The lowest BCUT2D eigenvalue weighted by Crippen LogP contribution is -2.30. The molecule has 0 amide bonds. The van der Waals surface area contributed by atoms with Crippen LogP contribution in [0.4, 0.5) is 0 Å². The van der Waals surface area contributed by atoms with Crippen molar-refractivity contribution in [2.24, 2.45) is 0 Å². The van der Waals surface area contributed by atoms with E-state index in [1.807, 2.05) is 30.3 Å². The van der Waals surface area contributed by atoms with Gasteiger partial charge >= 0.3 is 0 Å². The van der Waals surface area contributed by atoms with Gasteiger partial charge in [0.1, 0.15) is 23.0 Å². The molecule has 5 rings (SSSR count). The minimum absolute atomic E-state index is 0.00481. The van der Waals surface area contributed by atoms with Crippen LogP contribution in [-0.2, 0) is 32.5 Å². The molecule has 0 spiro atoms. The summed E-state index contributed by atoms with van der Waals surface area (Å²) in [6.45, 7) is 40.5. The second-order valence-electron chi connectivity index (χ2n) is 22.6. The van der Waals surface area contributed by atoms with Crippen LogP contribution in [0, 0.1) is 0 Å². The zero-order valence-corrected chi connectivity index (χ0v) is 38.7. The SMILES string of the molecule is CC(C)(C)c1c(-c2ccc(O)cc2)cc(-c2ccc(O)c(-c3cc(-c4ccc(O)cc4)c(C(C)(C)C)c(C(C)(C)C)c3C(C)(C)C)c2O)c(C(C)(C)C)c1C(C)(C)C. The van der Waals surface area contributed by atoms with Crippen molar-refractivity contribution in [2.75, 3.05) is 0 Å². The molecular formula is C54H70O4. The van der Waals surface area contributed by atoms with Gasteiger partial charge in [-0.2, -0.15) is 0 Å². The molecule has 310 valence electrons. The Kier molecular flexibility index (Phi) is 11.1. The molecule has 0 aliphatic rings. The summed E-state index contributed by atoms with van der Waals surface area (Å²) in [6, 6.07) is 22.8. The van der Waals surface area contributed by atoms with Crippen LogP contribution in [0.25, 0.3) is 44.5 Å². The van der Waals surface area contributed by atoms with E-state index in [2.05, 4.69) is 137 Å². The van der Waals surface area contributed by atoms with Crippen LogP contribution >= 0.6 is 0 Å². The first-order valence-electron chi connectivity index (χ1n) is 20.9. The smallest absolute Gasteiger partial charge is 0.134 e. The minimum atomic E-state index is -0.392. The average Bonchev–Trinajstić information content (AvgIpc) is 3.05. The number of phenols is 4. The second-order valence-corrected chi connectivity index (χ2v) is 22.6. The Morgan fingerprint density at radius 3 is 0.914 bits per heavy atom. The Bertz CT molecular complexity index is 2330. The number of phenolic OH excluding ortho intramolecular Hbond substituents is 4. The van der Waals surface area contributed by atoms with Gasteiger partial charge in [-0.25, -0.2) is 0 Å². The third-order valence-corrected chi connectivity index (χ3v) is 11.2. The first kappa shape index (κ1) is 44.4. The van der Waals surface area contributed by atoms with Crippen molar-refractivity contribution in [3.8, 4) is 67.5 Å². The molecule has 0 aromatic heterocycles. The van der Waals surface area contributed by atoms with E-state index >= 15 is 0 Å². The van der Waals surface area contributed by atoms with Gasteiger partial charge in [-0.3, -0.25) is 0 Å². The lowest BCUT2D eigenvalue weighted by Gasteiger charge is -2.40. The topological polar surface area (TPSA) is 80.9 Å². The average molecular weight is 783 g/mol. The molecule has 0 fully saturated rings. The third kappa shape index (κ3) is 8.40. The van der Waals surface area contributed by atoms with Gasteiger partial charge < -0.3 is 20.4 Å². The molecule has 0 saturated carbocycles. The molecule has 4 heteroatoms. The Labute approximate surface area is 350 Å². The fourth-order valence-corrected chi connectivity index (χ4v) is 9.19. The summed E-state index contributed by atoms with van der Waals surface area (Å²) in [5, 5.41) is 45.9. The van der Waals surface area contributed by atoms with Crippen molar-refractivity contribution < 1.29 is 20.4 Å². The Hall–Kier alpha value is -4.70. The Balaban J connectivity index is 2.09. The molecule has 0 atom stereocenters. The van der Waals surface area contributed by atoms with Gasteiger partial charge in [0.2, 0.25) is 0 Å². The highest BCUT2D eigenvalue weighted by molar-refractivity contribution is 5.94. The maximum absolute atomic E-state index is 13.1. The van der Waals surface area contributed by atoms with E-state index in [1.54, 1.807) is 30.3 Å². The predicted molar refractivity (Wildman–Crippen MR) is 247 cm³/mol. The van der Waals surface area contributed by atoms with Crippen LogP contribution in [-0.4, -0.2) is 20.4 Å². The number of aromatic hydroxyl groups is 4. The van der Waals surface area contributed by atoms with Crippen LogP contribution < -0.4 is 0 Å². The molecule has 5 aromatic rings. The summed E-state index contributed by atoms with van der Waals surface area (Å²) in [5.41, 5.74) is 11.9. The molecule has 0 aliphatic carbocycles. The monoisotopic (exact) mass is 783 g/mol. The summed E-state index contributed by atoms with van der Waals surface area (Å²) in [4.78, 5) is 0. The van der Waals surface area contributed by atoms with Crippen molar-refractivity contribution >= 4 is 0 Å². The fraction of sp³-hybridized carbons (Fsp3) is 0.444. The zero-order valence-electron chi connectivity index (χ0n) is 38.7. The van der Waals surface area contributed by atoms with Gasteiger partial charge in [0.05, 0.1) is 5.56 Å². The van der Waals surface area contributed by atoms with E-state index in [4.69, 9.17) is 0 Å². The largest absolute Gasteiger partial charge is 0.508 e. The number of benzene rings is 5. The van der Waals surface area contributed by atoms with Crippen LogP contribution in [0.2, 0.25) is 0 Å². The molecule has 0 unspecified atom stereocenters. The number of rotatable bonds is 4. The first-order chi connectivity index (χ1) is 26.3. The van der Waals surface area contributed by atoms with E-state index < -0.39 is 5.41 Å². The molecule has 0 radical (unpaired) electrons. The summed E-state index contributed by atoms with van der Waals surface area (Å²) in [5.74, 6) is 0.430. The highest BCUT2D eigenvalue weighted by atomic mass is 16.3. The van der Waals surface area contributed by atoms with Crippen molar-refractivity contribution in [3.05, 3.63) is 106 Å². The van der Waals surface area contributed by atoms with Crippen LogP contribution in [0.15, 0.2) is 72.8 Å². The predicted octanol–water partition coefficient (Wildman–Crippen LogP) is 15.0. The summed E-state index contributed by atoms with van der Waals surface area (Å²) >= 11 is 0. The molecular weight excluding hydrogens is 713 g/mol. The fourth-order valence-electron chi connectivity index (χ4n) is 9.19. The number of hydrogen-bond donors (Lipinski definition) is 4. The van der Waals surface area contributed by atoms with Crippen molar-refractivity contribution in [1.82, 2.24) is 0 Å². The maximum Gasteiger partial charge on any atom is 0.134 e. The first-order valence-corrected chi connectivity index (χ1v) is 20.9. The van der Waals surface area contributed by atoms with Gasteiger partial charge in [0.15, 0.2) is 0 Å². The molecule has 5 aromatic carbocycles. The van der Waals surface area contributed by atoms with E-state index in [0.29, 0.717) is 11.1 Å². The zero-order chi connectivity index (χ0) is 43.9. The molecule has 0 heterocycles. The van der Waals surface area contributed by atoms with Crippen molar-refractivity contribution in [1.29, 1.82) is 0 Å². The van der Waals surface area contributed by atoms with Crippen LogP contribution in [0.5, 0.6) is 23.0 Å². The molecule has 58 heavy (non-hydrogen) atoms. The maximum atomic E-state index is 13.1. The third-order valence-electron chi connectivity index (χ3n) is 11.2. The van der Waals surface area contributed by atoms with Gasteiger partial charge in [0, 0.05) is 5.56 Å². The quantitative estimate of drug-likeness (QED) is 0.146. The highest BCUT2D eigenvalue weighted by Gasteiger charge is 2.40. The van der Waals surface area contributed by atoms with Crippen LogP contribution in [0.3, 0.4) is 0 Å². The lowest BCUT2D eigenvalue weighted by atomic mass is 9.64. The molecule has 4 nitrogen and oxygen atoms in total. The second kappa shape index (κ2) is 14.5. The summed E-state index contributed by atoms with van der Waals surface area (Å²) < 4.78 is 0.